The van der Waals surface area contributed by atoms with E-state index in [2.05, 4.69) is 13.2 Å². The molecule has 0 aromatic heterocycles. The number of halogens is 1. The summed E-state index contributed by atoms with van der Waals surface area (Å²) in [6.07, 6.45) is 7.31. The summed E-state index contributed by atoms with van der Waals surface area (Å²) in [6, 6.07) is 4.89. The van der Waals surface area contributed by atoms with Gasteiger partial charge in [-0.15, -0.1) is 0 Å². The lowest BCUT2D eigenvalue weighted by Gasteiger charge is -2.29. The predicted octanol–water partition coefficient (Wildman–Crippen LogP) is 4.14. The van der Waals surface area contributed by atoms with Crippen LogP contribution in [-0.2, 0) is 0 Å². The molecule has 3 heteroatoms. The molecule has 0 fully saturated rings. The van der Waals surface area contributed by atoms with Gasteiger partial charge in [0.25, 0.3) is 0 Å². The minimum absolute atomic E-state index is 0.306. The van der Waals surface area contributed by atoms with E-state index in [0.717, 1.165) is 17.9 Å². The first-order valence-corrected chi connectivity index (χ1v) is 6.55. The van der Waals surface area contributed by atoms with E-state index in [1.54, 1.807) is 18.2 Å². The molecule has 0 N–H and O–H groups in total. The molecule has 2 rings (SSSR count). The van der Waals surface area contributed by atoms with Crippen LogP contribution < -0.4 is 4.74 Å². The number of hydrogen-bond donors (Lipinski definition) is 0. The smallest absolute Gasteiger partial charge is 0.136 e. The highest BCUT2D eigenvalue weighted by Crippen LogP contribution is 2.30. The van der Waals surface area contributed by atoms with E-state index >= 15 is 0 Å². The highest BCUT2D eigenvalue weighted by atomic mass is 19.1. The van der Waals surface area contributed by atoms with Crippen LogP contribution in [0.3, 0.4) is 0 Å². The monoisotopic (exact) mass is 271 g/mol. The molecule has 0 amide bonds. The van der Waals surface area contributed by atoms with Gasteiger partial charge in [-0.3, -0.25) is 0 Å². The summed E-state index contributed by atoms with van der Waals surface area (Å²) < 4.78 is 19.6. The summed E-state index contributed by atoms with van der Waals surface area (Å²) in [4.78, 5) is 1.97. The Kier molecular flexibility index (Phi) is 4.41. The molecule has 0 spiro atoms. The lowest BCUT2D eigenvalue weighted by atomic mass is 10.1. The van der Waals surface area contributed by atoms with Crippen molar-refractivity contribution in [2.45, 2.75) is 6.92 Å². The SMILES string of the molecule is C=CCOc1ccc(C2=CC=CC(=C)N2CC)c(F)c1. The van der Waals surface area contributed by atoms with Crippen molar-refractivity contribution in [3.8, 4) is 5.75 Å². The molecule has 0 saturated carbocycles. The van der Waals surface area contributed by atoms with Gasteiger partial charge in [-0.25, -0.2) is 4.39 Å². The van der Waals surface area contributed by atoms with Gasteiger partial charge in [0.2, 0.25) is 0 Å². The van der Waals surface area contributed by atoms with Crippen molar-refractivity contribution in [1.29, 1.82) is 0 Å². The molecule has 0 aliphatic carbocycles. The van der Waals surface area contributed by atoms with Crippen molar-refractivity contribution in [2.75, 3.05) is 13.2 Å². The molecule has 1 aromatic carbocycles. The number of nitrogens with zero attached hydrogens (tertiary/aromatic N) is 1. The van der Waals surface area contributed by atoms with Gasteiger partial charge >= 0.3 is 0 Å². The van der Waals surface area contributed by atoms with E-state index in [9.17, 15) is 4.39 Å². The molecule has 2 nitrogen and oxygen atoms in total. The molecular formula is C17H18FNO. The number of benzene rings is 1. The van der Waals surface area contributed by atoms with Gasteiger partial charge in [0.05, 0.1) is 5.70 Å². The van der Waals surface area contributed by atoms with Gasteiger partial charge in [-0.1, -0.05) is 25.3 Å². The largest absolute Gasteiger partial charge is 0.489 e. The Hall–Kier alpha value is -2.29. The van der Waals surface area contributed by atoms with Gasteiger partial charge in [-0.05, 0) is 31.2 Å². The fraction of sp³-hybridized carbons (Fsp3) is 0.176. The standard InChI is InChI=1S/C17H18FNO/c1-4-11-20-14-9-10-15(16(18)12-14)17-8-6-7-13(3)19(17)5-2/h4,6-10,12H,1,3,5,11H2,2H3. The van der Waals surface area contributed by atoms with Crippen LogP contribution in [0.25, 0.3) is 5.70 Å². The van der Waals surface area contributed by atoms with Gasteiger partial charge in [0.1, 0.15) is 18.2 Å². The summed E-state index contributed by atoms with van der Waals surface area (Å²) in [7, 11) is 0. The maximum Gasteiger partial charge on any atom is 0.136 e. The lowest BCUT2D eigenvalue weighted by molar-refractivity contribution is 0.360. The molecule has 0 bridgehead atoms. The topological polar surface area (TPSA) is 12.5 Å². The summed E-state index contributed by atoms with van der Waals surface area (Å²) in [5, 5.41) is 0. The molecule has 0 atom stereocenters. The van der Waals surface area contributed by atoms with Gasteiger partial charge < -0.3 is 9.64 Å². The van der Waals surface area contributed by atoms with Crippen LogP contribution in [0.2, 0.25) is 0 Å². The van der Waals surface area contributed by atoms with Crippen LogP contribution in [-0.4, -0.2) is 18.1 Å². The zero-order chi connectivity index (χ0) is 14.5. The van der Waals surface area contributed by atoms with Crippen LogP contribution in [0.5, 0.6) is 5.75 Å². The summed E-state index contributed by atoms with van der Waals surface area (Å²) in [6.45, 7) is 10.7. The van der Waals surface area contributed by atoms with E-state index in [1.807, 2.05) is 30.1 Å². The molecule has 1 aliphatic heterocycles. The van der Waals surface area contributed by atoms with E-state index in [1.165, 1.54) is 6.07 Å². The second-order valence-corrected chi connectivity index (χ2v) is 4.39. The Labute approximate surface area is 119 Å². The molecular weight excluding hydrogens is 253 g/mol. The minimum Gasteiger partial charge on any atom is -0.489 e. The summed E-state index contributed by atoms with van der Waals surface area (Å²) >= 11 is 0. The average molecular weight is 271 g/mol. The molecule has 20 heavy (non-hydrogen) atoms. The molecule has 0 saturated heterocycles. The number of likely N-dealkylation sites (N-methyl/N-ethyl adjacent to an activating group) is 1. The molecule has 0 radical (unpaired) electrons. The number of allylic oxidation sites excluding steroid dienone is 3. The Morgan fingerprint density at radius 1 is 1.40 bits per heavy atom. The van der Waals surface area contributed by atoms with Crippen LogP contribution in [0.1, 0.15) is 12.5 Å². The van der Waals surface area contributed by atoms with Crippen LogP contribution in [0.15, 0.2) is 61.4 Å². The number of rotatable bonds is 5. The third-order valence-corrected chi connectivity index (χ3v) is 3.08. The zero-order valence-electron chi connectivity index (χ0n) is 11.6. The first-order chi connectivity index (χ1) is 9.67. The van der Waals surface area contributed by atoms with E-state index < -0.39 is 0 Å². The number of hydrogen-bond acceptors (Lipinski definition) is 2. The van der Waals surface area contributed by atoms with Crippen LogP contribution in [0, 0.1) is 5.82 Å². The Balaban J connectivity index is 2.33. The zero-order valence-corrected chi connectivity index (χ0v) is 11.6. The fourth-order valence-electron chi connectivity index (χ4n) is 2.14. The lowest BCUT2D eigenvalue weighted by Crippen LogP contribution is -2.21. The second kappa shape index (κ2) is 6.24. The first kappa shape index (κ1) is 14.1. The summed E-state index contributed by atoms with van der Waals surface area (Å²) in [5.74, 6) is 0.194. The van der Waals surface area contributed by atoms with Crippen molar-refractivity contribution < 1.29 is 9.13 Å². The van der Waals surface area contributed by atoms with Crippen LogP contribution in [0.4, 0.5) is 4.39 Å². The third-order valence-electron chi connectivity index (χ3n) is 3.08. The second-order valence-electron chi connectivity index (χ2n) is 4.39. The third kappa shape index (κ3) is 2.82. The van der Waals surface area contributed by atoms with Crippen molar-refractivity contribution in [1.82, 2.24) is 4.90 Å². The highest BCUT2D eigenvalue weighted by Gasteiger charge is 2.17. The first-order valence-electron chi connectivity index (χ1n) is 6.55. The van der Waals surface area contributed by atoms with Gasteiger partial charge in [0, 0.05) is 23.9 Å². The molecule has 1 heterocycles. The van der Waals surface area contributed by atoms with E-state index in [4.69, 9.17) is 4.74 Å². The molecule has 0 unspecified atom stereocenters. The molecule has 1 aliphatic rings. The highest BCUT2D eigenvalue weighted by molar-refractivity contribution is 5.70. The van der Waals surface area contributed by atoms with E-state index in [0.29, 0.717) is 17.9 Å². The van der Waals surface area contributed by atoms with Crippen LogP contribution >= 0.6 is 0 Å². The minimum atomic E-state index is -0.306. The Morgan fingerprint density at radius 3 is 2.85 bits per heavy atom. The molecule has 1 aromatic rings. The van der Waals surface area contributed by atoms with E-state index in [-0.39, 0.29) is 5.82 Å². The van der Waals surface area contributed by atoms with Crippen molar-refractivity contribution >= 4 is 5.70 Å². The van der Waals surface area contributed by atoms with Crippen molar-refractivity contribution in [3.05, 3.63) is 72.7 Å². The Bertz CT molecular complexity index is 587. The summed E-state index contributed by atoms with van der Waals surface area (Å²) in [5.41, 5.74) is 2.22. The number of ether oxygens (including phenoxy) is 1. The normalized spacial score (nSPS) is 14.2. The van der Waals surface area contributed by atoms with Crippen molar-refractivity contribution in [2.24, 2.45) is 0 Å². The molecule has 104 valence electrons. The maximum absolute atomic E-state index is 14.3. The van der Waals surface area contributed by atoms with Crippen molar-refractivity contribution in [3.63, 3.8) is 0 Å². The predicted molar refractivity (Wildman–Crippen MR) is 80.7 cm³/mol. The quantitative estimate of drug-likeness (QED) is 0.746. The van der Waals surface area contributed by atoms with Gasteiger partial charge in [-0.2, -0.15) is 0 Å². The average Bonchev–Trinajstić information content (AvgIpc) is 2.45. The Morgan fingerprint density at radius 2 is 2.20 bits per heavy atom. The maximum atomic E-state index is 14.3. The van der Waals surface area contributed by atoms with Gasteiger partial charge in [0.15, 0.2) is 0 Å². The fourth-order valence-corrected chi connectivity index (χ4v) is 2.14.